The molecule has 0 radical (unpaired) electrons. The van der Waals surface area contributed by atoms with Crippen molar-refractivity contribution in [3.05, 3.63) is 199 Å². The maximum absolute atomic E-state index is 2.45. The van der Waals surface area contributed by atoms with Crippen molar-refractivity contribution in [1.29, 1.82) is 0 Å². The number of thiophene rings is 1. The van der Waals surface area contributed by atoms with Crippen LogP contribution in [0.3, 0.4) is 0 Å². The Morgan fingerprint density at radius 3 is 1.89 bits per heavy atom. The van der Waals surface area contributed by atoms with Gasteiger partial charge in [-0.05, 0) is 109 Å². The summed E-state index contributed by atoms with van der Waals surface area (Å²) in [6, 6.07) is 69.6. The molecule has 0 spiro atoms. The fourth-order valence-electron chi connectivity index (χ4n) is 9.15. The Balaban J connectivity index is 1.04. The van der Waals surface area contributed by atoms with E-state index in [1.807, 2.05) is 11.3 Å². The molecule has 9 aromatic carbocycles. The molecule has 1 heterocycles. The quantitative estimate of drug-likeness (QED) is 0.171. The average Bonchev–Trinajstić information content (AvgIpc) is 3.74. The molecule has 10 aromatic rings. The van der Waals surface area contributed by atoms with Crippen LogP contribution in [-0.2, 0) is 5.41 Å². The number of hydrogen-bond donors (Lipinski definition) is 0. The van der Waals surface area contributed by atoms with Gasteiger partial charge >= 0.3 is 0 Å². The van der Waals surface area contributed by atoms with Crippen molar-refractivity contribution in [3.63, 3.8) is 0 Å². The molecule has 55 heavy (non-hydrogen) atoms. The Bertz CT molecular complexity index is 3110. The lowest BCUT2D eigenvalue weighted by Crippen LogP contribution is -2.16. The zero-order valence-electron chi connectivity index (χ0n) is 30.8. The summed E-state index contributed by atoms with van der Waals surface area (Å²) in [6.45, 7) is 4.71. The van der Waals surface area contributed by atoms with Crippen LogP contribution >= 0.6 is 11.3 Å². The van der Waals surface area contributed by atoms with Crippen molar-refractivity contribution in [3.8, 4) is 33.4 Å². The van der Waals surface area contributed by atoms with Crippen molar-refractivity contribution in [1.82, 2.24) is 0 Å². The van der Waals surface area contributed by atoms with Gasteiger partial charge in [0.05, 0.1) is 5.69 Å². The van der Waals surface area contributed by atoms with E-state index in [0.717, 1.165) is 11.4 Å². The number of hydrogen-bond acceptors (Lipinski definition) is 2. The highest BCUT2D eigenvalue weighted by molar-refractivity contribution is 7.26. The number of nitrogens with zero attached hydrogens (tertiary/aromatic N) is 1. The van der Waals surface area contributed by atoms with Crippen LogP contribution in [0.1, 0.15) is 25.0 Å². The Morgan fingerprint density at radius 2 is 1.05 bits per heavy atom. The third kappa shape index (κ3) is 4.99. The molecule has 0 aliphatic heterocycles. The number of rotatable bonds is 5. The molecule has 0 N–H and O–H groups in total. The summed E-state index contributed by atoms with van der Waals surface area (Å²) in [5.74, 6) is 0. The molecule has 11 rings (SSSR count). The highest BCUT2D eigenvalue weighted by Crippen LogP contribution is 2.54. The zero-order chi connectivity index (χ0) is 36.7. The van der Waals surface area contributed by atoms with Gasteiger partial charge in [0, 0.05) is 42.5 Å². The van der Waals surface area contributed by atoms with Crippen LogP contribution in [0.15, 0.2) is 188 Å². The van der Waals surface area contributed by atoms with E-state index >= 15 is 0 Å². The first-order valence-electron chi connectivity index (χ1n) is 19.1. The van der Waals surface area contributed by atoms with Crippen LogP contribution in [0.5, 0.6) is 0 Å². The Morgan fingerprint density at radius 1 is 0.418 bits per heavy atom. The molecular formula is C53H37NS. The lowest BCUT2D eigenvalue weighted by atomic mass is 9.82. The maximum Gasteiger partial charge on any atom is 0.0543 e. The normalized spacial score (nSPS) is 13.1. The Labute approximate surface area is 325 Å². The second-order valence-electron chi connectivity index (χ2n) is 15.3. The van der Waals surface area contributed by atoms with Gasteiger partial charge in [0.1, 0.15) is 0 Å². The molecule has 1 nitrogen and oxygen atoms in total. The number of anilines is 3. The smallest absolute Gasteiger partial charge is 0.0543 e. The lowest BCUT2D eigenvalue weighted by molar-refractivity contribution is 0.660. The highest BCUT2D eigenvalue weighted by Gasteiger charge is 2.37. The molecular weight excluding hydrogens is 683 g/mol. The van der Waals surface area contributed by atoms with E-state index in [0.29, 0.717) is 0 Å². The van der Waals surface area contributed by atoms with Gasteiger partial charge in [-0.1, -0.05) is 153 Å². The fourth-order valence-corrected chi connectivity index (χ4v) is 10.3. The molecule has 1 aliphatic carbocycles. The first-order chi connectivity index (χ1) is 27.0. The second-order valence-corrected chi connectivity index (χ2v) is 16.4. The van der Waals surface area contributed by atoms with Crippen LogP contribution in [-0.4, -0.2) is 0 Å². The van der Waals surface area contributed by atoms with E-state index in [2.05, 4.69) is 207 Å². The number of benzene rings is 9. The van der Waals surface area contributed by atoms with Gasteiger partial charge in [-0.15, -0.1) is 11.3 Å². The van der Waals surface area contributed by atoms with Crippen molar-refractivity contribution >= 4 is 70.1 Å². The largest absolute Gasteiger partial charge is 0.310 e. The van der Waals surface area contributed by atoms with E-state index < -0.39 is 0 Å². The lowest BCUT2D eigenvalue weighted by Gasteiger charge is -2.29. The predicted octanol–water partition coefficient (Wildman–Crippen LogP) is 15.5. The summed E-state index contributed by atoms with van der Waals surface area (Å²) >= 11 is 1.88. The predicted molar refractivity (Wildman–Crippen MR) is 237 cm³/mol. The monoisotopic (exact) mass is 719 g/mol. The van der Waals surface area contributed by atoms with E-state index in [1.54, 1.807) is 0 Å². The zero-order valence-corrected chi connectivity index (χ0v) is 31.6. The van der Waals surface area contributed by atoms with Crippen molar-refractivity contribution < 1.29 is 0 Å². The van der Waals surface area contributed by atoms with Gasteiger partial charge in [0.15, 0.2) is 0 Å². The maximum atomic E-state index is 2.45. The summed E-state index contributed by atoms with van der Waals surface area (Å²) in [5.41, 5.74) is 13.6. The molecule has 0 atom stereocenters. The molecule has 1 aliphatic rings. The Hall–Kier alpha value is -6.48. The van der Waals surface area contributed by atoms with Crippen LogP contribution in [0.2, 0.25) is 0 Å². The minimum absolute atomic E-state index is 0.0906. The van der Waals surface area contributed by atoms with Gasteiger partial charge in [-0.25, -0.2) is 0 Å². The first-order valence-corrected chi connectivity index (χ1v) is 19.9. The fraction of sp³-hybridized carbons (Fsp3) is 0.0566. The van der Waals surface area contributed by atoms with Crippen LogP contribution in [0.4, 0.5) is 17.1 Å². The summed E-state index contributed by atoms with van der Waals surface area (Å²) in [4.78, 5) is 2.45. The number of fused-ring (bicyclic) bond motifs is 9. The topological polar surface area (TPSA) is 3.24 Å². The van der Waals surface area contributed by atoms with Crippen molar-refractivity contribution in [2.75, 3.05) is 4.90 Å². The minimum atomic E-state index is -0.0906. The third-order valence-corrected chi connectivity index (χ3v) is 13.0. The highest BCUT2D eigenvalue weighted by atomic mass is 32.1. The van der Waals surface area contributed by atoms with Gasteiger partial charge in [-0.2, -0.15) is 0 Å². The summed E-state index contributed by atoms with van der Waals surface area (Å²) in [5, 5.41) is 7.82. The summed E-state index contributed by atoms with van der Waals surface area (Å²) in [6.07, 6.45) is 0. The molecule has 0 bridgehead atoms. The van der Waals surface area contributed by atoms with Crippen LogP contribution in [0, 0.1) is 0 Å². The van der Waals surface area contributed by atoms with Crippen molar-refractivity contribution in [2.24, 2.45) is 0 Å². The molecule has 0 amide bonds. The molecule has 0 unspecified atom stereocenters. The molecule has 2 heteroatoms. The first kappa shape index (κ1) is 32.0. The van der Waals surface area contributed by atoms with Gasteiger partial charge < -0.3 is 4.90 Å². The third-order valence-electron chi connectivity index (χ3n) is 11.9. The van der Waals surface area contributed by atoms with Gasteiger partial charge in [0.2, 0.25) is 0 Å². The van der Waals surface area contributed by atoms with Crippen LogP contribution in [0.25, 0.3) is 75.1 Å². The molecule has 0 saturated carbocycles. The summed E-state index contributed by atoms with van der Waals surface area (Å²) < 4.78 is 2.68. The van der Waals surface area contributed by atoms with Crippen molar-refractivity contribution in [2.45, 2.75) is 19.3 Å². The molecule has 0 fully saturated rings. The molecule has 260 valence electrons. The Kier molecular flexibility index (Phi) is 7.14. The second kappa shape index (κ2) is 12.3. The average molecular weight is 720 g/mol. The SMILES string of the molecule is CC1(C)c2ccccc2-c2c(N(c3ccc(-c4ccc5c(ccc6sc7ccccc7c65)c4)cc3)c3ccc(-c4cccc5ccccc45)cc3)cccc21. The molecule has 0 saturated heterocycles. The van der Waals surface area contributed by atoms with Gasteiger partial charge in [-0.3, -0.25) is 0 Å². The van der Waals surface area contributed by atoms with E-state index in [9.17, 15) is 0 Å². The van der Waals surface area contributed by atoms with Gasteiger partial charge in [0.25, 0.3) is 0 Å². The van der Waals surface area contributed by atoms with E-state index in [-0.39, 0.29) is 5.41 Å². The standard InChI is InChI=1S/C53H37NS/c1-53(2)46-17-7-5-14-44(46)52-47(53)18-10-19-48(52)54(40-29-23-36(24-30-40)42-16-9-12-35-11-3-4-13-41(35)42)39-27-21-34(22-28-39)37-25-31-43-38(33-37)26-32-50-51(43)45-15-6-8-20-49(45)55-50/h3-33H,1-2H3. The van der Waals surface area contributed by atoms with Crippen LogP contribution < -0.4 is 4.90 Å². The molecule has 1 aromatic heterocycles. The van der Waals surface area contributed by atoms with E-state index in [4.69, 9.17) is 0 Å². The summed E-state index contributed by atoms with van der Waals surface area (Å²) in [7, 11) is 0. The van der Waals surface area contributed by atoms with E-state index in [1.165, 1.54) is 91.9 Å². The minimum Gasteiger partial charge on any atom is -0.310 e.